The van der Waals surface area contributed by atoms with Gasteiger partial charge in [-0.05, 0) is 27.2 Å². The van der Waals surface area contributed by atoms with Crippen molar-refractivity contribution < 1.29 is 4.42 Å². The van der Waals surface area contributed by atoms with Gasteiger partial charge in [0.1, 0.15) is 6.26 Å². The average molecular weight is 237 g/mol. The van der Waals surface area contributed by atoms with Gasteiger partial charge < -0.3 is 14.6 Å². The summed E-state index contributed by atoms with van der Waals surface area (Å²) in [5.74, 6) is 0. The molecule has 1 rings (SSSR count). The molecule has 0 aliphatic carbocycles. The Kier molecular flexibility index (Phi) is 4.75. The lowest BCUT2D eigenvalue weighted by Gasteiger charge is -2.19. The Bertz CT molecular complexity index is 352. The highest BCUT2D eigenvalue weighted by molar-refractivity contribution is 5.25. The molecule has 0 spiro atoms. The van der Waals surface area contributed by atoms with E-state index in [1.54, 1.807) is 6.26 Å². The number of oxazole rings is 1. The van der Waals surface area contributed by atoms with Crippen LogP contribution in [0.2, 0.25) is 0 Å². The second kappa shape index (κ2) is 5.87. The molecule has 0 atom stereocenters. The van der Waals surface area contributed by atoms with Crippen LogP contribution in [0.1, 0.15) is 32.9 Å². The molecule has 1 aromatic heterocycles. The molecule has 0 radical (unpaired) electrons. The summed E-state index contributed by atoms with van der Waals surface area (Å²) in [6.45, 7) is 11.7. The van der Waals surface area contributed by atoms with Crippen molar-refractivity contribution in [3.05, 3.63) is 24.6 Å². The summed E-state index contributed by atoms with van der Waals surface area (Å²) in [5, 5.41) is 3.38. The van der Waals surface area contributed by atoms with Gasteiger partial charge in [-0.3, -0.25) is 0 Å². The first-order valence-corrected chi connectivity index (χ1v) is 5.94. The number of nitrogens with one attached hydrogen (secondary N) is 1. The van der Waals surface area contributed by atoms with Gasteiger partial charge in [0.2, 0.25) is 0 Å². The Morgan fingerprint density at radius 2 is 2.24 bits per heavy atom. The molecular formula is C13H23N3O. The van der Waals surface area contributed by atoms with E-state index in [0.29, 0.717) is 6.01 Å². The first-order chi connectivity index (χ1) is 7.92. The summed E-state index contributed by atoms with van der Waals surface area (Å²) >= 11 is 0. The summed E-state index contributed by atoms with van der Waals surface area (Å²) in [7, 11) is 1.97. The van der Waals surface area contributed by atoms with Crippen LogP contribution in [-0.4, -0.2) is 24.1 Å². The zero-order valence-electron chi connectivity index (χ0n) is 11.3. The summed E-state index contributed by atoms with van der Waals surface area (Å²) in [5.41, 5.74) is 1.02. The van der Waals surface area contributed by atoms with Crippen LogP contribution in [-0.2, 0) is 6.54 Å². The predicted octanol–water partition coefficient (Wildman–Crippen LogP) is 2.58. The molecule has 0 amide bonds. The first kappa shape index (κ1) is 13.8. The minimum atomic E-state index is 0.0911. The van der Waals surface area contributed by atoms with Gasteiger partial charge in [0.25, 0.3) is 6.01 Å². The smallest absolute Gasteiger partial charge is 0.297 e. The summed E-state index contributed by atoms with van der Waals surface area (Å²) < 4.78 is 5.43. The zero-order chi connectivity index (χ0) is 12.9. The fourth-order valence-corrected chi connectivity index (χ4v) is 1.29. The molecule has 1 aromatic rings. The van der Waals surface area contributed by atoms with Gasteiger partial charge in [-0.1, -0.05) is 6.08 Å². The monoisotopic (exact) mass is 237 g/mol. The van der Waals surface area contributed by atoms with Crippen LogP contribution in [0, 0.1) is 0 Å². The van der Waals surface area contributed by atoms with E-state index in [2.05, 4.69) is 37.7 Å². The molecular weight excluding hydrogens is 214 g/mol. The van der Waals surface area contributed by atoms with E-state index >= 15 is 0 Å². The van der Waals surface area contributed by atoms with E-state index < -0.39 is 0 Å². The van der Waals surface area contributed by atoms with E-state index in [4.69, 9.17) is 4.42 Å². The lowest BCUT2D eigenvalue weighted by molar-refractivity contribution is 0.421. The highest BCUT2D eigenvalue weighted by Crippen LogP contribution is 2.13. The van der Waals surface area contributed by atoms with Crippen LogP contribution in [0.3, 0.4) is 0 Å². The fraction of sp³-hybridized carbons (Fsp3) is 0.615. The van der Waals surface area contributed by atoms with Gasteiger partial charge in [0.05, 0.1) is 5.69 Å². The second-order valence-corrected chi connectivity index (χ2v) is 5.22. The Morgan fingerprint density at radius 1 is 1.53 bits per heavy atom. The number of hydrogen-bond acceptors (Lipinski definition) is 4. The fourth-order valence-electron chi connectivity index (χ4n) is 1.29. The Labute approximate surface area is 104 Å². The third kappa shape index (κ3) is 5.04. The van der Waals surface area contributed by atoms with Crippen molar-refractivity contribution >= 4 is 6.01 Å². The molecule has 17 heavy (non-hydrogen) atoms. The van der Waals surface area contributed by atoms with Crippen molar-refractivity contribution in [2.24, 2.45) is 0 Å². The minimum absolute atomic E-state index is 0.0911. The second-order valence-electron chi connectivity index (χ2n) is 5.22. The van der Waals surface area contributed by atoms with Gasteiger partial charge in [0.15, 0.2) is 0 Å². The Balaban J connectivity index is 2.50. The largest absolute Gasteiger partial charge is 0.432 e. The normalized spacial score (nSPS) is 11.5. The maximum absolute atomic E-state index is 5.43. The number of nitrogens with zero attached hydrogens (tertiary/aromatic N) is 2. The summed E-state index contributed by atoms with van der Waals surface area (Å²) in [4.78, 5) is 6.42. The van der Waals surface area contributed by atoms with Crippen LogP contribution in [0.4, 0.5) is 6.01 Å². The third-order valence-electron chi connectivity index (χ3n) is 2.33. The van der Waals surface area contributed by atoms with E-state index in [9.17, 15) is 0 Å². The lowest BCUT2D eigenvalue weighted by atomic mass is 10.1. The average Bonchev–Trinajstić information content (AvgIpc) is 2.70. The molecule has 0 bridgehead atoms. The lowest BCUT2D eigenvalue weighted by Crippen LogP contribution is -2.35. The molecule has 4 heteroatoms. The molecule has 0 aliphatic heterocycles. The van der Waals surface area contributed by atoms with Crippen LogP contribution in [0.15, 0.2) is 23.3 Å². The van der Waals surface area contributed by atoms with E-state index in [0.717, 1.165) is 25.2 Å². The standard InChI is InChI=1S/C13H23N3O/c1-6-7-8-16(5)12-15-11(10-17-12)9-14-13(2,3)4/h6,10,14H,1,7-9H2,2-5H3. The highest BCUT2D eigenvalue weighted by Gasteiger charge is 2.12. The van der Waals surface area contributed by atoms with Crippen molar-refractivity contribution in [1.29, 1.82) is 0 Å². The topological polar surface area (TPSA) is 41.3 Å². The number of hydrogen-bond donors (Lipinski definition) is 1. The molecule has 96 valence electrons. The summed E-state index contributed by atoms with van der Waals surface area (Å²) in [6, 6.07) is 0.664. The quantitative estimate of drug-likeness (QED) is 0.772. The van der Waals surface area contributed by atoms with Crippen molar-refractivity contribution in [3.63, 3.8) is 0 Å². The molecule has 0 unspecified atom stereocenters. The van der Waals surface area contributed by atoms with Gasteiger partial charge in [0, 0.05) is 25.7 Å². The molecule has 0 aromatic carbocycles. The number of rotatable bonds is 6. The molecule has 4 nitrogen and oxygen atoms in total. The van der Waals surface area contributed by atoms with E-state index in [1.165, 1.54) is 0 Å². The third-order valence-corrected chi connectivity index (χ3v) is 2.33. The maximum atomic E-state index is 5.43. The van der Waals surface area contributed by atoms with Crippen LogP contribution in [0.5, 0.6) is 0 Å². The van der Waals surface area contributed by atoms with E-state index in [1.807, 2.05) is 18.0 Å². The minimum Gasteiger partial charge on any atom is -0.432 e. The number of anilines is 1. The zero-order valence-corrected chi connectivity index (χ0v) is 11.3. The molecule has 0 saturated heterocycles. The first-order valence-electron chi connectivity index (χ1n) is 5.94. The van der Waals surface area contributed by atoms with Crippen molar-refractivity contribution in [2.45, 2.75) is 39.3 Å². The van der Waals surface area contributed by atoms with Crippen molar-refractivity contribution in [2.75, 3.05) is 18.5 Å². The predicted molar refractivity (Wildman–Crippen MR) is 71.2 cm³/mol. The van der Waals surface area contributed by atoms with Gasteiger partial charge >= 0.3 is 0 Å². The van der Waals surface area contributed by atoms with Crippen LogP contribution in [0.25, 0.3) is 0 Å². The van der Waals surface area contributed by atoms with Crippen molar-refractivity contribution in [3.8, 4) is 0 Å². The van der Waals surface area contributed by atoms with Gasteiger partial charge in [-0.2, -0.15) is 4.98 Å². The maximum Gasteiger partial charge on any atom is 0.297 e. The SMILES string of the molecule is C=CCCN(C)c1nc(CNC(C)(C)C)co1. The number of aromatic nitrogens is 1. The van der Waals surface area contributed by atoms with Gasteiger partial charge in [-0.25, -0.2) is 0 Å². The van der Waals surface area contributed by atoms with Crippen molar-refractivity contribution in [1.82, 2.24) is 10.3 Å². The molecule has 0 fully saturated rings. The molecule has 1 N–H and O–H groups in total. The van der Waals surface area contributed by atoms with Crippen LogP contribution >= 0.6 is 0 Å². The van der Waals surface area contributed by atoms with E-state index in [-0.39, 0.29) is 5.54 Å². The summed E-state index contributed by atoms with van der Waals surface area (Å²) in [6.07, 6.45) is 4.52. The van der Waals surface area contributed by atoms with Crippen LogP contribution < -0.4 is 10.2 Å². The molecule has 0 aliphatic rings. The Hall–Kier alpha value is -1.29. The highest BCUT2D eigenvalue weighted by atomic mass is 16.4. The van der Waals surface area contributed by atoms with Gasteiger partial charge in [-0.15, -0.1) is 6.58 Å². The Morgan fingerprint density at radius 3 is 2.82 bits per heavy atom. The molecule has 0 saturated carbocycles. The molecule has 1 heterocycles.